The minimum Gasteiger partial charge on any atom is -0.502 e. The number of benzene rings is 1. The Morgan fingerprint density at radius 1 is 1.46 bits per heavy atom. The van der Waals surface area contributed by atoms with Crippen molar-refractivity contribution in [3.63, 3.8) is 0 Å². The lowest BCUT2D eigenvalue weighted by Gasteiger charge is -2.11. The maximum atomic E-state index is 11.9. The minimum atomic E-state index is -0.930. The second kappa shape index (κ2) is 7.69. The van der Waals surface area contributed by atoms with E-state index >= 15 is 0 Å². The third-order valence-electron chi connectivity index (χ3n) is 3.04. The first-order chi connectivity index (χ1) is 12.3. The van der Waals surface area contributed by atoms with Gasteiger partial charge in [-0.3, -0.25) is 24.7 Å². The van der Waals surface area contributed by atoms with Crippen LogP contribution < -0.4 is 22.0 Å². The normalized spacial score (nSPS) is 11.9. The molecule has 5 N–H and O–H groups in total. The molecular weight excluding hydrogens is 350 g/mol. The molecule has 1 atom stereocenters. The number of aromatic hydroxyl groups is 1. The molecule has 0 spiro atoms. The quantitative estimate of drug-likeness (QED) is 0.245. The van der Waals surface area contributed by atoms with Gasteiger partial charge < -0.3 is 10.4 Å². The Kier molecular flexibility index (Phi) is 5.42. The number of nitro groups is 1. The number of nitrogens with one attached hydrogen (secondary N) is 4. The second-order valence-electron chi connectivity index (χ2n) is 4.96. The van der Waals surface area contributed by atoms with Gasteiger partial charge >= 0.3 is 11.4 Å². The van der Waals surface area contributed by atoms with Crippen molar-refractivity contribution in [1.29, 1.82) is 0 Å². The van der Waals surface area contributed by atoms with Crippen molar-refractivity contribution in [3.8, 4) is 5.75 Å². The molecule has 0 aliphatic carbocycles. The fourth-order valence-corrected chi connectivity index (χ4v) is 1.75. The van der Waals surface area contributed by atoms with Crippen molar-refractivity contribution >= 4 is 23.6 Å². The lowest BCUT2D eigenvalue weighted by atomic mass is 10.2. The fourth-order valence-electron chi connectivity index (χ4n) is 1.75. The maximum Gasteiger partial charge on any atom is 0.342 e. The van der Waals surface area contributed by atoms with Crippen LogP contribution in [0.4, 0.5) is 11.5 Å². The van der Waals surface area contributed by atoms with Crippen LogP contribution in [0, 0.1) is 10.1 Å². The fraction of sp³-hybridized carbons (Fsp3) is 0.154. The van der Waals surface area contributed by atoms with Crippen LogP contribution in [-0.2, 0) is 4.79 Å². The van der Waals surface area contributed by atoms with Crippen molar-refractivity contribution in [1.82, 2.24) is 20.6 Å². The van der Waals surface area contributed by atoms with E-state index in [1.807, 2.05) is 10.1 Å². The van der Waals surface area contributed by atoms with E-state index in [0.29, 0.717) is 0 Å². The Bertz CT molecular complexity index is 979. The highest BCUT2D eigenvalue weighted by Crippen LogP contribution is 2.25. The molecule has 0 fully saturated rings. The molecule has 1 amide bonds. The Balaban J connectivity index is 2.00. The number of nitro benzene ring substituents is 1. The standard InChI is InChI=1S/C13H13N7O6/c1-6(15-10-12(23)16-13(24)19-17-10)11(22)18-14-5-7-2-3-9(21)8(4-7)20(25)26/h2-6,21H,1H3,(H,15,17)(H,18,22)(H2,16,19,23,24)/b14-5+. The molecule has 0 bridgehead atoms. The molecule has 26 heavy (non-hydrogen) atoms. The van der Waals surface area contributed by atoms with Crippen molar-refractivity contribution < 1.29 is 14.8 Å². The van der Waals surface area contributed by atoms with Gasteiger partial charge in [-0.25, -0.2) is 15.3 Å². The summed E-state index contributed by atoms with van der Waals surface area (Å²) >= 11 is 0. The van der Waals surface area contributed by atoms with Crippen LogP contribution in [0.2, 0.25) is 0 Å². The molecule has 13 nitrogen and oxygen atoms in total. The highest BCUT2D eigenvalue weighted by Gasteiger charge is 2.15. The second-order valence-corrected chi connectivity index (χ2v) is 4.96. The van der Waals surface area contributed by atoms with E-state index in [2.05, 4.69) is 20.9 Å². The largest absolute Gasteiger partial charge is 0.502 e. The number of phenols is 1. The highest BCUT2D eigenvalue weighted by atomic mass is 16.6. The summed E-state index contributed by atoms with van der Waals surface area (Å²) in [6, 6.07) is 2.64. The monoisotopic (exact) mass is 363 g/mol. The zero-order chi connectivity index (χ0) is 19.3. The van der Waals surface area contributed by atoms with Crippen LogP contribution in [0.15, 0.2) is 32.9 Å². The van der Waals surface area contributed by atoms with E-state index in [-0.39, 0.29) is 11.4 Å². The lowest BCUT2D eigenvalue weighted by Crippen LogP contribution is -2.38. The lowest BCUT2D eigenvalue weighted by molar-refractivity contribution is -0.385. The number of H-pyrrole nitrogens is 2. The SMILES string of the molecule is CC(Nc1n[nH]c(=O)[nH]c1=O)C(=O)N/N=C/c1ccc(O)c([N+](=O)[O-])c1. The molecule has 0 aliphatic heterocycles. The number of phenolic OH excluding ortho intramolecular Hbond substituents is 1. The summed E-state index contributed by atoms with van der Waals surface area (Å²) in [4.78, 5) is 46.2. The number of hydrazone groups is 1. The molecule has 0 saturated heterocycles. The van der Waals surface area contributed by atoms with E-state index in [1.54, 1.807) is 0 Å². The van der Waals surface area contributed by atoms with Gasteiger partial charge in [-0.2, -0.15) is 5.10 Å². The number of hydrogen-bond donors (Lipinski definition) is 5. The Morgan fingerprint density at radius 2 is 2.19 bits per heavy atom. The smallest absolute Gasteiger partial charge is 0.342 e. The molecule has 136 valence electrons. The van der Waals surface area contributed by atoms with Gasteiger partial charge in [0, 0.05) is 11.6 Å². The first-order valence-electron chi connectivity index (χ1n) is 7.04. The summed E-state index contributed by atoms with van der Waals surface area (Å²) < 4.78 is 0. The average Bonchev–Trinajstić information content (AvgIpc) is 2.58. The molecule has 0 radical (unpaired) electrons. The summed E-state index contributed by atoms with van der Waals surface area (Å²) in [6.07, 6.45) is 1.14. The first-order valence-corrected chi connectivity index (χ1v) is 7.04. The first kappa shape index (κ1) is 18.3. The zero-order valence-corrected chi connectivity index (χ0v) is 13.2. The maximum absolute atomic E-state index is 11.9. The summed E-state index contributed by atoms with van der Waals surface area (Å²) in [5.41, 5.74) is 0.355. The molecule has 0 aliphatic rings. The zero-order valence-electron chi connectivity index (χ0n) is 13.2. The summed E-state index contributed by atoms with van der Waals surface area (Å²) in [5.74, 6) is -1.39. The van der Waals surface area contributed by atoms with Crippen molar-refractivity contribution in [2.75, 3.05) is 5.32 Å². The van der Waals surface area contributed by atoms with Gasteiger partial charge in [0.1, 0.15) is 6.04 Å². The van der Waals surface area contributed by atoms with Gasteiger partial charge in [0.15, 0.2) is 5.75 Å². The number of hydrogen-bond acceptors (Lipinski definition) is 9. The van der Waals surface area contributed by atoms with Gasteiger partial charge in [-0.05, 0) is 19.1 Å². The van der Waals surface area contributed by atoms with Crippen LogP contribution in [0.5, 0.6) is 5.75 Å². The molecule has 1 aromatic heterocycles. The third-order valence-corrected chi connectivity index (χ3v) is 3.04. The number of nitrogens with zero attached hydrogens (tertiary/aromatic N) is 3. The number of amides is 1. The van der Waals surface area contributed by atoms with Crippen molar-refractivity contribution in [2.24, 2.45) is 5.10 Å². The van der Waals surface area contributed by atoms with Crippen molar-refractivity contribution in [2.45, 2.75) is 13.0 Å². The van der Waals surface area contributed by atoms with Crippen LogP contribution in [-0.4, -0.2) is 43.4 Å². The minimum absolute atomic E-state index is 0.259. The van der Waals surface area contributed by atoms with E-state index in [4.69, 9.17) is 0 Å². The topological polar surface area (TPSA) is 195 Å². The van der Waals surface area contributed by atoms with Crippen LogP contribution >= 0.6 is 0 Å². The van der Waals surface area contributed by atoms with E-state index < -0.39 is 39.6 Å². The summed E-state index contributed by atoms with van der Waals surface area (Å²) in [6.45, 7) is 1.42. The Labute approximate surface area is 143 Å². The summed E-state index contributed by atoms with van der Waals surface area (Å²) in [7, 11) is 0. The third kappa shape index (κ3) is 4.50. The Hall–Kier alpha value is -4.03. The van der Waals surface area contributed by atoms with Crippen LogP contribution in [0.1, 0.15) is 12.5 Å². The van der Waals surface area contributed by atoms with E-state index in [1.165, 1.54) is 13.0 Å². The molecule has 2 rings (SSSR count). The molecule has 13 heteroatoms. The molecule has 0 saturated carbocycles. The van der Waals surface area contributed by atoms with Gasteiger partial charge in [0.05, 0.1) is 11.1 Å². The van der Waals surface area contributed by atoms with Gasteiger partial charge in [0.25, 0.3) is 11.5 Å². The number of carbonyl (C=O) groups excluding carboxylic acids is 1. The molecular formula is C13H13N7O6. The number of aromatic nitrogens is 3. The van der Waals surface area contributed by atoms with E-state index in [0.717, 1.165) is 18.3 Å². The number of aromatic amines is 2. The summed E-state index contributed by atoms with van der Waals surface area (Å²) in [5, 5.41) is 31.7. The van der Waals surface area contributed by atoms with Crippen LogP contribution in [0.3, 0.4) is 0 Å². The number of rotatable bonds is 6. The van der Waals surface area contributed by atoms with Crippen LogP contribution in [0.25, 0.3) is 0 Å². The average molecular weight is 363 g/mol. The molecule has 1 unspecified atom stereocenters. The predicted octanol–water partition coefficient (Wildman–Crippen LogP) is -0.977. The highest BCUT2D eigenvalue weighted by molar-refractivity contribution is 5.86. The van der Waals surface area contributed by atoms with Gasteiger partial charge in [-0.15, -0.1) is 5.10 Å². The number of anilines is 1. The van der Waals surface area contributed by atoms with Crippen molar-refractivity contribution in [3.05, 3.63) is 54.7 Å². The van der Waals surface area contributed by atoms with E-state index in [9.17, 15) is 29.6 Å². The molecule has 2 aromatic rings. The van der Waals surface area contributed by atoms with Gasteiger partial charge in [-0.1, -0.05) is 0 Å². The van der Waals surface area contributed by atoms with Gasteiger partial charge in [0.2, 0.25) is 5.82 Å². The Morgan fingerprint density at radius 3 is 2.85 bits per heavy atom. The number of carbonyl (C=O) groups is 1. The predicted molar refractivity (Wildman–Crippen MR) is 89.1 cm³/mol. The molecule has 1 aromatic carbocycles. The molecule has 1 heterocycles.